The van der Waals surface area contributed by atoms with Gasteiger partial charge in [-0.1, -0.05) is 24.3 Å². The van der Waals surface area contributed by atoms with Crippen molar-refractivity contribution in [2.45, 2.75) is 13.8 Å². The van der Waals surface area contributed by atoms with Crippen molar-refractivity contribution in [2.75, 3.05) is 19.0 Å². The van der Waals surface area contributed by atoms with E-state index in [0.717, 1.165) is 17.3 Å². The van der Waals surface area contributed by atoms with Crippen LogP contribution in [0, 0.1) is 12.7 Å². The maximum atomic E-state index is 14.0. The highest BCUT2D eigenvalue weighted by Gasteiger charge is 2.18. The number of nitrogens with zero attached hydrogens (tertiary/aromatic N) is 2. The predicted molar refractivity (Wildman–Crippen MR) is 131 cm³/mol. The van der Waals surface area contributed by atoms with Gasteiger partial charge in [0.2, 0.25) is 0 Å². The van der Waals surface area contributed by atoms with Crippen molar-refractivity contribution in [3.8, 4) is 22.7 Å². The molecule has 0 radical (unpaired) electrons. The molecule has 0 saturated heterocycles. The van der Waals surface area contributed by atoms with E-state index >= 15 is 0 Å². The molecule has 1 amide bonds. The Morgan fingerprint density at radius 3 is 2.54 bits per heavy atom. The van der Waals surface area contributed by atoms with Crippen LogP contribution in [0.5, 0.6) is 5.75 Å². The standard InChI is InChI=1S/C27H24FN3O4/c1-4-35-27(33)23-16-24(31(30-23)21-10-5-7-17(2)13-21)18-8-6-9-20(14-18)29-26(32)19-11-12-25(34-3)22(28)15-19/h5-16H,4H2,1-3H3,(H,29,32). The van der Waals surface area contributed by atoms with Crippen LogP contribution in [0.15, 0.2) is 72.8 Å². The lowest BCUT2D eigenvalue weighted by Gasteiger charge is -2.11. The molecule has 3 aromatic carbocycles. The third-order valence-electron chi connectivity index (χ3n) is 5.27. The molecule has 0 atom stereocenters. The van der Waals surface area contributed by atoms with Gasteiger partial charge in [0.15, 0.2) is 17.3 Å². The lowest BCUT2D eigenvalue weighted by molar-refractivity contribution is 0.0519. The molecular formula is C27H24FN3O4. The second-order valence-electron chi connectivity index (χ2n) is 7.77. The number of carbonyl (C=O) groups is 2. The maximum Gasteiger partial charge on any atom is 0.358 e. The summed E-state index contributed by atoms with van der Waals surface area (Å²) in [7, 11) is 1.36. The van der Waals surface area contributed by atoms with Crippen molar-refractivity contribution in [3.05, 3.63) is 95.4 Å². The fourth-order valence-corrected chi connectivity index (χ4v) is 3.62. The molecule has 1 N–H and O–H groups in total. The van der Waals surface area contributed by atoms with Gasteiger partial charge in [0, 0.05) is 16.8 Å². The van der Waals surface area contributed by atoms with Crippen LogP contribution in [0.2, 0.25) is 0 Å². The van der Waals surface area contributed by atoms with Crippen LogP contribution < -0.4 is 10.1 Å². The topological polar surface area (TPSA) is 82.5 Å². The van der Waals surface area contributed by atoms with E-state index in [2.05, 4.69) is 10.4 Å². The first kappa shape index (κ1) is 23.7. The number of aryl methyl sites for hydroxylation is 1. The average molecular weight is 474 g/mol. The third kappa shape index (κ3) is 5.22. The molecule has 4 rings (SSSR count). The number of carbonyl (C=O) groups excluding carboxylic acids is 2. The monoisotopic (exact) mass is 473 g/mol. The number of hydrogen-bond acceptors (Lipinski definition) is 5. The van der Waals surface area contributed by atoms with Gasteiger partial charge in [-0.15, -0.1) is 0 Å². The number of nitrogens with one attached hydrogen (secondary N) is 1. The Balaban J connectivity index is 1.69. The molecular weight excluding hydrogens is 449 g/mol. The van der Waals surface area contributed by atoms with Gasteiger partial charge in [0.1, 0.15) is 0 Å². The summed E-state index contributed by atoms with van der Waals surface area (Å²) in [6.45, 7) is 3.94. The second-order valence-corrected chi connectivity index (χ2v) is 7.77. The number of halogens is 1. The molecule has 0 saturated carbocycles. The average Bonchev–Trinajstić information content (AvgIpc) is 3.30. The zero-order valence-electron chi connectivity index (χ0n) is 19.5. The molecule has 0 fully saturated rings. The van der Waals surface area contributed by atoms with Gasteiger partial charge in [-0.05, 0) is 67.9 Å². The number of aromatic nitrogens is 2. The molecule has 0 unspecified atom stereocenters. The Morgan fingerprint density at radius 2 is 1.83 bits per heavy atom. The van der Waals surface area contributed by atoms with Crippen LogP contribution in [0.1, 0.15) is 33.3 Å². The highest BCUT2D eigenvalue weighted by atomic mass is 19.1. The number of rotatable bonds is 7. The molecule has 0 aliphatic heterocycles. The fourth-order valence-electron chi connectivity index (χ4n) is 3.62. The maximum absolute atomic E-state index is 14.0. The minimum absolute atomic E-state index is 0.0605. The smallest absolute Gasteiger partial charge is 0.358 e. The highest BCUT2D eigenvalue weighted by Crippen LogP contribution is 2.28. The van der Waals surface area contributed by atoms with E-state index in [0.29, 0.717) is 16.9 Å². The van der Waals surface area contributed by atoms with E-state index in [1.807, 2.05) is 37.3 Å². The Hall–Kier alpha value is -4.46. The summed E-state index contributed by atoms with van der Waals surface area (Å²) in [4.78, 5) is 25.1. The zero-order chi connectivity index (χ0) is 24.9. The first-order valence-corrected chi connectivity index (χ1v) is 11.0. The lowest BCUT2D eigenvalue weighted by Crippen LogP contribution is -2.12. The van der Waals surface area contributed by atoms with E-state index in [4.69, 9.17) is 9.47 Å². The number of anilines is 1. The van der Waals surface area contributed by atoms with Crippen LogP contribution in [0.4, 0.5) is 10.1 Å². The molecule has 0 spiro atoms. The fraction of sp³-hybridized carbons (Fsp3) is 0.148. The van der Waals surface area contributed by atoms with Gasteiger partial charge in [-0.25, -0.2) is 13.9 Å². The Bertz CT molecular complexity index is 1400. The number of methoxy groups -OCH3 is 1. The van der Waals surface area contributed by atoms with Crippen molar-refractivity contribution in [1.82, 2.24) is 9.78 Å². The van der Waals surface area contributed by atoms with Gasteiger partial charge in [-0.2, -0.15) is 5.10 Å². The van der Waals surface area contributed by atoms with Crippen LogP contribution in [-0.2, 0) is 4.74 Å². The van der Waals surface area contributed by atoms with Crippen molar-refractivity contribution in [3.63, 3.8) is 0 Å². The van der Waals surface area contributed by atoms with Crippen LogP contribution >= 0.6 is 0 Å². The molecule has 7 nitrogen and oxygen atoms in total. The van der Waals surface area contributed by atoms with Gasteiger partial charge in [0.25, 0.3) is 5.91 Å². The van der Waals surface area contributed by atoms with E-state index in [-0.39, 0.29) is 23.6 Å². The Labute approximate surface area is 202 Å². The van der Waals surface area contributed by atoms with Crippen molar-refractivity contribution >= 4 is 17.6 Å². The SMILES string of the molecule is CCOC(=O)c1cc(-c2cccc(NC(=O)c3ccc(OC)c(F)c3)c2)n(-c2cccc(C)c2)n1. The summed E-state index contributed by atoms with van der Waals surface area (Å²) in [5.41, 5.74) is 4.00. The summed E-state index contributed by atoms with van der Waals surface area (Å²) in [6.07, 6.45) is 0. The molecule has 0 aliphatic carbocycles. The minimum Gasteiger partial charge on any atom is -0.494 e. The first-order chi connectivity index (χ1) is 16.9. The minimum atomic E-state index is -0.623. The number of hydrogen-bond donors (Lipinski definition) is 1. The normalized spacial score (nSPS) is 10.6. The van der Waals surface area contributed by atoms with Gasteiger partial charge in [-0.3, -0.25) is 4.79 Å². The Kier molecular flexibility index (Phi) is 6.91. The van der Waals surface area contributed by atoms with Crippen LogP contribution in [0.3, 0.4) is 0 Å². The third-order valence-corrected chi connectivity index (χ3v) is 5.27. The number of esters is 1. The van der Waals surface area contributed by atoms with Gasteiger partial charge in [0.05, 0.1) is 25.1 Å². The highest BCUT2D eigenvalue weighted by molar-refractivity contribution is 6.04. The molecule has 1 aromatic heterocycles. The van der Waals surface area contributed by atoms with Crippen molar-refractivity contribution in [1.29, 1.82) is 0 Å². The van der Waals surface area contributed by atoms with Crippen molar-refractivity contribution in [2.24, 2.45) is 0 Å². The molecule has 4 aromatic rings. The molecule has 1 heterocycles. The zero-order valence-corrected chi connectivity index (χ0v) is 19.5. The second kappa shape index (κ2) is 10.2. The van der Waals surface area contributed by atoms with E-state index in [1.54, 1.807) is 35.9 Å². The van der Waals surface area contributed by atoms with Crippen LogP contribution in [-0.4, -0.2) is 35.4 Å². The summed E-state index contributed by atoms with van der Waals surface area (Å²) in [5.74, 6) is -1.55. The van der Waals surface area contributed by atoms with E-state index in [1.165, 1.54) is 19.2 Å². The number of ether oxygens (including phenoxy) is 2. The number of amides is 1. The molecule has 8 heteroatoms. The molecule has 0 bridgehead atoms. The number of benzene rings is 3. The van der Waals surface area contributed by atoms with Gasteiger partial charge >= 0.3 is 5.97 Å². The molecule has 35 heavy (non-hydrogen) atoms. The summed E-state index contributed by atoms with van der Waals surface area (Å²) in [6, 6.07) is 20.5. The van der Waals surface area contributed by atoms with Gasteiger partial charge < -0.3 is 14.8 Å². The summed E-state index contributed by atoms with van der Waals surface area (Å²) >= 11 is 0. The van der Waals surface area contributed by atoms with Crippen molar-refractivity contribution < 1.29 is 23.5 Å². The largest absolute Gasteiger partial charge is 0.494 e. The molecule has 178 valence electrons. The summed E-state index contributed by atoms with van der Waals surface area (Å²) in [5, 5.41) is 7.27. The lowest BCUT2D eigenvalue weighted by atomic mass is 10.1. The summed E-state index contributed by atoms with van der Waals surface area (Å²) < 4.78 is 25.7. The van der Waals surface area contributed by atoms with E-state index < -0.39 is 17.7 Å². The predicted octanol–water partition coefficient (Wildman–Crippen LogP) is 5.42. The molecule has 0 aliphatic rings. The quantitative estimate of drug-likeness (QED) is 0.362. The Morgan fingerprint density at radius 1 is 1.03 bits per heavy atom. The van der Waals surface area contributed by atoms with E-state index in [9.17, 15) is 14.0 Å². The first-order valence-electron chi connectivity index (χ1n) is 11.0. The van der Waals surface area contributed by atoms with Crippen LogP contribution in [0.25, 0.3) is 16.9 Å².